The Kier molecular flexibility index (Phi) is 9.41. The van der Waals surface area contributed by atoms with Crippen molar-refractivity contribution in [3.8, 4) is 0 Å². The molecule has 0 aromatic carbocycles. The topological polar surface area (TPSA) is 69.2 Å². The van der Waals surface area contributed by atoms with E-state index in [0.717, 1.165) is 25.6 Å². The summed E-state index contributed by atoms with van der Waals surface area (Å²) in [5, 5.41) is 6.44. The standard InChI is InChI=1S/C19H35N5O2.HI/c1-3-20-18(24-12-9-16(14-24)23-10-5-6-11-23)21-13-17(15-7-8-15)22-19(25)26-4-2;/h15-17H,3-14H2,1-2H3,(H,20,21)(H,22,25);1H. The fourth-order valence-corrected chi connectivity index (χ4v) is 4.08. The van der Waals surface area contributed by atoms with Crippen molar-refractivity contribution < 1.29 is 9.53 Å². The van der Waals surface area contributed by atoms with E-state index < -0.39 is 0 Å². The van der Waals surface area contributed by atoms with Crippen molar-refractivity contribution >= 4 is 36.0 Å². The molecular weight excluding hydrogens is 457 g/mol. The molecule has 0 spiro atoms. The summed E-state index contributed by atoms with van der Waals surface area (Å²) in [6.45, 7) is 10.5. The number of alkyl carbamates (subject to hydrolysis) is 1. The summed E-state index contributed by atoms with van der Waals surface area (Å²) < 4.78 is 5.05. The van der Waals surface area contributed by atoms with Gasteiger partial charge in [-0.2, -0.15) is 0 Å². The molecular formula is C19H36IN5O2. The molecule has 1 saturated carbocycles. The lowest BCUT2D eigenvalue weighted by Crippen LogP contribution is -2.44. The van der Waals surface area contributed by atoms with Gasteiger partial charge < -0.3 is 20.3 Å². The van der Waals surface area contributed by atoms with Crippen LogP contribution in [0.3, 0.4) is 0 Å². The highest BCUT2D eigenvalue weighted by atomic mass is 127. The molecule has 8 heteroatoms. The molecule has 0 radical (unpaired) electrons. The van der Waals surface area contributed by atoms with Gasteiger partial charge in [-0.1, -0.05) is 0 Å². The number of amides is 1. The maximum atomic E-state index is 11.8. The van der Waals surface area contributed by atoms with Gasteiger partial charge in [-0.3, -0.25) is 9.89 Å². The molecule has 2 heterocycles. The lowest BCUT2D eigenvalue weighted by Gasteiger charge is -2.26. The number of guanidine groups is 1. The minimum atomic E-state index is -0.320. The van der Waals surface area contributed by atoms with Crippen LogP contribution in [0.25, 0.3) is 0 Å². The van der Waals surface area contributed by atoms with Crippen LogP contribution in [0.1, 0.15) is 46.0 Å². The Morgan fingerprint density at radius 3 is 2.56 bits per heavy atom. The number of carbonyl (C=O) groups excluding carboxylic acids is 1. The fourth-order valence-electron chi connectivity index (χ4n) is 4.08. The largest absolute Gasteiger partial charge is 0.450 e. The summed E-state index contributed by atoms with van der Waals surface area (Å²) in [6.07, 6.45) is 5.92. The third-order valence-electron chi connectivity index (χ3n) is 5.66. The monoisotopic (exact) mass is 493 g/mol. The summed E-state index contributed by atoms with van der Waals surface area (Å²) in [5.41, 5.74) is 0. The molecule has 1 aliphatic carbocycles. The number of aliphatic imine (C=N–C) groups is 1. The average molecular weight is 493 g/mol. The van der Waals surface area contributed by atoms with E-state index in [1.54, 1.807) is 0 Å². The molecule has 3 aliphatic rings. The number of halogens is 1. The predicted molar refractivity (Wildman–Crippen MR) is 119 cm³/mol. The van der Waals surface area contributed by atoms with Crippen LogP contribution in [0.15, 0.2) is 4.99 Å². The second-order valence-corrected chi connectivity index (χ2v) is 7.63. The summed E-state index contributed by atoms with van der Waals surface area (Å²) in [5.74, 6) is 1.53. The fraction of sp³-hybridized carbons (Fsp3) is 0.895. The van der Waals surface area contributed by atoms with Crippen LogP contribution in [0.4, 0.5) is 4.79 Å². The smallest absolute Gasteiger partial charge is 0.407 e. The predicted octanol–water partition coefficient (Wildman–Crippen LogP) is 2.26. The highest BCUT2D eigenvalue weighted by molar-refractivity contribution is 14.0. The molecule has 0 bridgehead atoms. The van der Waals surface area contributed by atoms with Gasteiger partial charge in [0.25, 0.3) is 0 Å². The van der Waals surface area contributed by atoms with E-state index in [2.05, 4.69) is 27.4 Å². The van der Waals surface area contributed by atoms with Gasteiger partial charge in [-0.05, 0) is 65.0 Å². The highest BCUT2D eigenvalue weighted by Gasteiger charge is 2.34. The first-order valence-electron chi connectivity index (χ1n) is 10.4. The van der Waals surface area contributed by atoms with E-state index in [1.165, 1.54) is 45.2 Å². The Morgan fingerprint density at radius 2 is 1.93 bits per heavy atom. The highest BCUT2D eigenvalue weighted by Crippen LogP contribution is 2.33. The van der Waals surface area contributed by atoms with Crippen LogP contribution in [-0.4, -0.2) is 79.8 Å². The molecule has 7 nitrogen and oxygen atoms in total. The molecule has 3 fully saturated rings. The number of nitrogens with one attached hydrogen (secondary N) is 2. The molecule has 2 aliphatic heterocycles. The molecule has 2 saturated heterocycles. The summed E-state index contributed by atoms with van der Waals surface area (Å²) in [7, 11) is 0. The van der Waals surface area contributed by atoms with E-state index in [9.17, 15) is 4.79 Å². The van der Waals surface area contributed by atoms with Gasteiger partial charge in [0.05, 0.1) is 19.2 Å². The Balaban J connectivity index is 0.00000261. The van der Waals surface area contributed by atoms with Crippen LogP contribution >= 0.6 is 24.0 Å². The maximum absolute atomic E-state index is 11.8. The maximum Gasteiger partial charge on any atom is 0.407 e. The van der Waals surface area contributed by atoms with Crippen LogP contribution in [0.2, 0.25) is 0 Å². The third kappa shape index (κ3) is 6.66. The van der Waals surface area contributed by atoms with Gasteiger partial charge in [0.1, 0.15) is 0 Å². The Labute approximate surface area is 180 Å². The Bertz CT molecular complexity index is 494. The molecule has 2 atom stereocenters. The minimum Gasteiger partial charge on any atom is -0.450 e. The Morgan fingerprint density at radius 1 is 1.19 bits per heavy atom. The third-order valence-corrected chi connectivity index (χ3v) is 5.66. The van der Waals surface area contributed by atoms with Crippen LogP contribution in [0, 0.1) is 5.92 Å². The molecule has 156 valence electrons. The zero-order valence-electron chi connectivity index (χ0n) is 16.8. The van der Waals surface area contributed by atoms with Crippen molar-refractivity contribution in [2.24, 2.45) is 10.9 Å². The van der Waals surface area contributed by atoms with Gasteiger partial charge in [0.15, 0.2) is 5.96 Å². The van der Waals surface area contributed by atoms with Gasteiger partial charge in [0.2, 0.25) is 0 Å². The number of hydrogen-bond acceptors (Lipinski definition) is 4. The van der Waals surface area contributed by atoms with Gasteiger partial charge >= 0.3 is 6.09 Å². The molecule has 3 rings (SSSR count). The van der Waals surface area contributed by atoms with Crippen molar-refractivity contribution in [3.05, 3.63) is 0 Å². The second-order valence-electron chi connectivity index (χ2n) is 7.63. The second kappa shape index (κ2) is 11.3. The van der Waals surface area contributed by atoms with Crippen molar-refractivity contribution in [2.45, 2.75) is 58.0 Å². The molecule has 2 N–H and O–H groups in total. The van der Waals surface area contributed by atoms with Crippen molar-refractivity contribution in [1.29, 1.82) is 0 Å². The van der Waals surface area contributed by atoms with Crippen molar-refractivity contribution in [1.82, 2.24) is 20.4 Å². The van der Waals surface area contributed by atoms with E-state index in [-0.39, 0.29) is 36.1 Å². The van der Waals surface area contributed by atoms with Gasteiger partial charge in [0, 0.05) is 25.7 Å². The number of likely N-dealkylation sites (tertiary alicyclic amines) is 2. The zero-order valence-corrected chi connectivity index (χ0v) is 19.1. The number of rotatable bonds is 7. The van der Waals surface area contributed by atoms with Crippen molar-refractivity contribution in [3.63, 3.8) is 0 Å². The minimum absolute atomic E-state index is 0. The quantitative estimate of drug-likeness (QED) is 0.324. The van der Waals surface area contributed by atoms with E-state index in [0.29, 0.717) is 25.1 Å². The molecule has 0 aromatic heterocycles. The van der Waals surface area contributed by atoms with Crippen LogP contribution in [0.5, 0.6) is 0 Å². The van der Waals surface area contributed by atoms with E-state index in [1.807, 2.05) is 6.92 Å². The lowest BCUT2D eigenvalue weighted by molar-refractivity contribution is 0.147. The molecule has 1 amide bonds. The SMILES string of the molecule is CCNC(=NCC(NC(=O)OCC)C1CC1)N1CCC(N2CCCC2)C1.I. The number of ether oxygens (including phenoxy) is 1. The van der Waals surface area contributed by atoms with E-state index in [4.69, 9.17) is 9.73 Å². The summed E-state index contributed by atoms with van der Waals surface area (Å²) in [6, 6.07) is 0.748. The molecule has 2 unspecified atom stereocenters. The summed E-state index contributed by atoms with van der Waals surface area (Å²) >= 11 is 0. The first kappa shape index (κ1) is 22.5. The lowest BCUT2D eigenvalue weighted by atomic mass is 10.2. The van der Waals surface area contributed by atoms with Gasteiger partial charge in [-0.25, -0.2) is 4.79 Å². The first-order valence-corrected chi connectivity index (χ1v) is 10.4. The number of carbonyl (C=O) groups is 1. The van der Waals surface area contributed by atoms with Gasteiger partial charge in [-0.15, -0.1) is 24.0 Å². The molecule has 0 aromatic rings. The van der Waals surface area contributed by atoms with Crippen LogP contribution in [-0.2, 0) is 4.74 Å². The number of hydrogen-bond donors (Lipinski definition) is 2. The zero-order chi connectivity index (χ0) is 18.4. The Hall–Kier alpha value is -0.770. The van der Waals surface area contributed by atoms with Crippen LogP contribution < -0.4 is 10.6 Å². The van der Waals surface area contributed by atoms with Crippen molar-refractivity contribution in [2.75, 3.05) is 45.9 Å². The first-order chi connectivity index (χ1) is 12.7. The molecule has 27 heavy (non-hydrogen) atoms. The average Bonchev–Trinajstić information content (AvgIpc) is 3.11. The normalized spacial score (nSPS) is 24.4. The summed E-state index contributed by atoms with van der Waals surface area (Å²) in [4.78, 5) is 21.7. The number of nitrogens with zero attached hydrogens (tertiary/aromatic N) is 3. The van der Waals surface area contributed by atoms with E-state index >= 15 is 0 Å².